The molecule has 0 saturated heterocycles. The second-order valence-corrected chi connectivity index (χ2v) is 5.14. The van der Waals surface area contributed by atoms with Gasteiger partial charge in [0.2, 0.25) is 0 Å². The summed E-state index contributed by atoms with van der Waals surface area (Å²) < 4.78 is 4.43. The van der Waals surface area contributed by atoms with E-state index < -0.39 is 0 Å². The quantitative estimate of drug-likeness (QED) is 0.633. The lowest BCUT2D eigenvalue weighted by Gasteiger charge is -2.09. The molecule has 0 saturated carbocycles. The molecule has 1 amide bonds. The third-order valence-electron chi connectivity index (χ3n) is 2.67. The molecule has 0 unspecified atom stereocenters. The summed E-state index contributed by atoms with van der Waals surface area (Å²) in [7, 11) is 3.44. The summed E-state index contributed by atoms with van der Waals surface area (Å²) in [6.45, 7) is 0. The molecule has 2 rings (SSSR count). The number of nitrogens with zero attached hydrogens (tertiary/aromatic N) is 2. The highest BCUT2D eigenvalue weighted by molar-refractivity contribution is 8.12. The van der Waals surface area contributed by atoms with Gasteiger partial charge in [0.25, 0.3) is 0 Å². The molecule has 102 valence electrons. The number of carbonyl (C=O) groups is 1. The van der Waals surface area contributed by atoms with Gasteiger partial charge in [0.1, 0.15) is 0 Å². The summed E-state index contributed by atoms with van der Waals surface area (Å²) in [5.74, 6) is 0. The second-order valence-electron chi connectivity index (χ2n) is 4.42. The van der Waals surface area contributed by atoms with Crippen molar-refractivity contribution in [1.82, 2.24) is 4.90 Å². The normalized spacial score (nSPS) is 9.90. The van der Waals surface area contributed by atoms with Crippen molar-refractivity contribution in [3.8, 4) is 0 Å². The molecule has 0 atom stereocenters. The third-order valence-corrected chi connectivity index (χ3v) is 3.47. The maximum Gasteiger partial charge on any atom is 0.303 e. The Morgan fingerprint density at radius 1 is 0.900 bits per heavy atom. The second kappa shape index (κ2) is 6.91. The van der Waals surface area contributed by atoms with E-state index in [0.717, 1.165) is 28.8 Å². The van der Waals surface area contributed by atoms with Crippen molar-refractivity contribution in [1.29, 1.82) is 0 Å². The van der Waals surface area contributed by atoms with E-state index in [4.69, 9.17) is 0 Å². The van der Waals surface area contributed by atoms with Crippen LogP contribution in [0.25, 0.3) is 0 Å². The van der Waals surface area contributed by atoms with Crippen LogP contribution in [0.2, 0.25) is 0 Å². The summed E-state index contributed by atoms with van der Waals surface area (Å²) in [5.41, 5.74) is 2.81. The Kier molecular flexibility index (Phi) is 4.96. The Morgan fingerprint density at radius 3 is 1.75 bits per heavy atom. The smallest absolute Gasteiger partial charge is 0.303 e. The molecule has 0 bridgehead atoms. The molecular weight excluding hydrogens is 268 g/mol. The first-order valence-electron chi connectivity index (χ1n) is 6.25. The van der Waals surface area contributed by atoms with E-state index in [-0.39, 0.29) is 5.24 Å². The van der Waals surface area contributed by atoms with Crippen LogP contribution in [0.3, 0.4) is 0 Å². The number of benzene rings is 2. The first-order valence-corrected chi connectivity index (χ1v) is 7.03. The number of amides is 1. The Hall–Kier alpha value is -2.07. The monoisotopic (exact) mass is 284 g/mol. The first kappa shape index (κ1) is 14.3. The minimum absolute atomic E-state index is 0.0886. The van der Waals surface area contributed by atoms with Crippen LogP contribution in [-0.2, 0) is 0 Å². The van der Waals surface area contributed by atoms with Gasteiger partial charge >= 0.3 is 5.24 Å². The van der Waals surface area contributed by atoms with E-state index in [1.54, 1.807) is 14.1 Å². The van der Waals surface area contributed by atoms with Gasteiger partial charge in [-0.05, 0) is 0 Å². The number of rotatable bonds is 3. The molecule has 4 heteroatoms. The molecule has 0 radical (unpaired) electrons. The molecule has 2 aromatic carbocycles. The molecule has 0 spiro atoms. The van der Waals surface area contributed by atoms with Gasteiger partial charge in [0.05, 0.1) is 17.7 Å². The SMILES string of the molecule is CN(C)C(=O)SN=C(c1ccccc1)c1ccccc1. The van der Waals surface area contributed by atoms with Gasteiger partial charge in [-0.15, -0.1) is 0 Å². The van der Waals surface area contributed by atoms with Crippen molar-refractivity contribution in [3.63, 3.8) is 0 Å². The molecule has 3 nitrogen and oxygen atoms in total. The van der Waals surface area contributed by atoms with Gasteiger partial charge in [-0.1, -0.05) is 60.7 Å². The summed E-state index contributed by atoms with van der Waals surface area (Å²) in [6, 6.07) is 19.8. The zero-order valence-corrected chi connectivity index (χ0v) is 12.3. The molecule has 0 aliphatic heterocycles. The minimum Gasteiger partial charge on any atom is -0.338 e. The molecule has 0 aromatic heterocycles. The fraction of sp³-hybridized carbons (Fsp3) is 0.125. The van der Waals surface area contributed by atoms with Crippen molar-refractivity contribution in [2.45, 2.75) is 0 Å². The fourth-order valence-corrected chi connectivity index (χ4v) is 2.17. The largest absolute Gasteiger partial charge is 0.338 e. The summed E-state index contributed by atoms with van der Waals surface area (Å²) in [6.07, 6.45) is 0. The maximum atomic E-state index is 11.7. The van der Waals surface area contributed by atoms with Crippen molar-refractivity contribution < 1.29 is 4.79 Å². The first-order chi connectivity index (χ1) is 9.68. The molecule has 20 heavy (non-hydrogen) atoms. The molecule has 2 aromatic rings. The average Bonchev–Trinajstić information content (AvgIpc) is 2.49. The van der Waals surface area contributed by atoms with Crippen LogP contribution in [0.4, 0.5) is 4.79 Å². The van der Waals surface area contributed by atoms with Gasteiger partial charge < -0.3 is 4.90 Å². The average molecular weight is 284 g/mol. The highest BCUT2D eigenvalue weighted by Gasteiger charge is 2.09. The minimum atomic E-state index is -0.0886. The van der Waals surface area contributed by atoms with Gasteiger partial charge in [-0.2, -0.15) is 0 Å². The topological polar surface area (TPSA) is 32.7 Å². The van der Waals surface area contributed by atoms with Crippen LogP contribution < -0.4 is 0 Å². The maximum absolute atomic E-state index is 11.7. The Balaban J connectivity index is 2.35. The van der Waals surface area contributed by atoms with Crippen LogP contribution in [0.15, 0.2) is 65.1 Å². The van der Waals surface area contributed by atoms with Crippen molar-refractivity contribution in [2.24, 2.45) is 4.40 Å². The van der Waals surface area contributed by atoms with E-state index in [9.17, 15) is 4.79 Å². The molecule has 0 heterocycles. The molecule has 0 aliphatic carbocycles. The zero-order valence-electron chi connectivity index (χ0n) is 11.5. The predicted octanol–water partition coefficient (Wildman–Crippen LogP) is 3.85. The van der Waals surface area contributed by atoms with E-state index >= 15 is 0 Å². The Morgan fingerprint density at radius 2 is 1.35 bits per heavy atom. The predicted molar refractivity (Wildman–Crippen MR) is 85.2 cm³/mol. The molecule has 0 aliphatic rings. The standard InChI is InChI=1S/C16H16N2OS/c1-18(2)16(19)20-17-15(13-9-5-3-6-10-13)14-11-7-4-8-12-14/h3-12H,1-2H3. The van der Waals surface area contributed by atoms with Gasteiger partial charge in [0, 0.05) is 25.2 Å². The lowest BCUT2D eigenvalue weighted by Crippen LogP contribution is -2.16. The lowest BCUT2D eigenvalue weighted by molar-refractivity contribution is 0.241. The van der Waals surface area contributed by atoms with Crippen LogP contribution in [-0.4, -0.2) is 29.9 Å². The lowest BCUT2D eigenvalue weighted by atomic mass is 10.0. The Labute approximate surface area is 123 Å². The van der Waals surface area contributed by atoms with Crippen LogP contribution >= 0.6 is 11.9 Å². The van der Waals surface area contributed by atoms with Crippen LogP contribution in [0.1, 0.15) is 11.1 Å². The zero-order chi connectivity index (χ0) is 14.4. The summed E-state index contributed by atoms with van der Waals surface area (Å²) in [5, 5.41) is -0.0886. The molecule has 0 N–H and O–H groups in total. The summed E-state index contributed by atoms with van der Waals surface area (Å²) in [4.78, 5) is 13.2. The van der Waals surface area contributed by atoms with E-state index in [2.05, 4.69) is 4.40 Å². The van der Waals surface area contributed by atoms with Gasteiger partial charge in [0.15, 0.2) is 0 Å². The van der Waals surface area contributed by atoms with E-state index in [1.807, 2.05) is 60.7 Å². The highest BCUT2D eigenvalue weighted by Crippen LogP contribution is 2.16. The van der Waals surface area contributed by atoms with Crippen molar-refractivity contribution >= 4 is 22.9 Å². The number of hydrogen-bond acceptors (Lipinski definition) is 3. The van der Waals surface area contributed by atoms with E-state index in [1.165, 1.54) is 4.90 Å². The summed E-state index contributed by atoms with van der Waals surface area (Å²) >= 11 is 0.957. The van der Waals surface area contributed by atoms with Gasteiger partial charge in [-0.25, -0.2) is 4.40 Å². The van der Waals surface area contributed by atoms with E-state index in [0.29, 0.717) is 0 Å². The molecular formula is C16H16N2OS. The van der Waals surface area contributed by atoms with Crippen molar-refractivity contribution in [3.05, 3.63) is 71.8 Å². The fourth-order valence-electron chi connectivity index (χ4n) is 1.63. The number of carbonyl (C=O) groups excluding carboxylic acids is 1. The number of hydrogen-bond donors (Lipinski definition) is 0. The van der Waals surface area contributed by atoms with Crippen molar-refractivity contribution in [2.75, 3.05) is 14.1 Å². The molecule has 0 fully saturated rings. The highest BCUT2D eigenvalue weighted by atomic mass is 32.2. The third kappa shape index (κ3) is 3.71. The van der Waals surface area contributed by atoms with Crippen LogP contribution in [0.5, 0.6) is 0 Å². The van der Waals surface area contributed by atoms with Gasteiger partial charge in [-0.3, -0.25) is 4.79 Å². The van der Waals surface area contributed by atoms with Crippen LogP contribution in [0, 0.1) is 0 Å². The Bertz CT molecular complexity index is 553.